The van der Waals surface area contributed by atoms with Crippen LogP contribution in [-0.4, -0.2) is 4.57 Å². The summed E-state index contributed by atoms with van der Waals surface area (Å²) < 4.78 is 8.92. The minimum absolute atomic E-state index is 0.906. The first kappa shape index (κ1) is 28.0. The van der Waals surface area contributed by atoms with E-state index in [2.05, 4.69) is 185 Å². The fourth-order valence-corrected chi connectivity index (χ4v) is 8.30. The Balaban J connectivity index is 1.18. The van der Waals surface area contributed by atoms with Gasteiger partial charge in [0.2, 0.25) is 0 Å². The number of fused-ring (bicyclic) bond motifs is 11. The normalized spacial score (nSPS) is 11.9. The number of rotatable bonds is 4. The molecular weight excluding hydrogens is 621 g/mol. The van der Waals surface area contributed by atoms with Crippen molar-refractivity contribution in [1.29, 1.82) is 0 Å². The summed E-state index contributed by atoms with van der Waals surface area (Å²) >= 11 is 0. The fourth-order valence-electron chi connectivity index (χ4n) is 8.30. The van der Waals surface area contributed by atoms with Crippen molar-refractivity contribution in [3.63, 3.8) is 0 Å². The monoisotopic (exact) mass is 650 g/mol. The molecule has 0 fully saturated rings. The molecule has 2 heterocycles. The predicted octanol–water partition coefficient (Wildman–Crippen LogP) is 13.6. The number of aromatic nitrogens is 1. The topological polar surface area (TPSA) is 21.3 Å². The molecule has 0 spiro atoms. The molecule has 51 heavy (non-hydrogen) atoms. The Morgan fingerprint density at radius 1 is 0.373 bits per heavy atom. The molecule has 11 rings (SSSR count). The summed E-state index contributed by atoms with van der Waals surface area (Å²) in [6.45, 7) is 0. The van der Waals surface area contributed by atoms with Crippen molar-refractivity contribution < 1.29 is 4.42 Å². The van der Waals surface area contributed by atoms with E-state index in [-0.39, 0.29) is 0 Å². The Morgan fingerprint density at radius 2 is 0.922 bits per heavy atom. The summed E-state index contributed by atoms with van der Waals surface area (Å²) in [6, 6.07) is 65.6. The third kappa shape index (κ3) is 4.12. The van der Waals surface area contributed by atoms with Crippen LogP contribution in [0.2, 0.25) is 0 Å². The van der Waals surface area contributed by atoms with E-state index < -0.39 is 0 Å². The zero-order valence-electron chi connectivity index (χ0n) is 27.6. The Morgan fingerprint density at radius 3 is 1.69 bits per heavy atom. The molecule has 0 aliphatic heterocycles. The SMILES string of the molecule is c1ccc2c(c1)cc(N(c1ccc(-n3c4ccccc4c4ccccc43)cc1)c1cccc3c1ccc1c4ccccc4oc31)c1ccccc12. The maximum atomic E-state index is 6.55. The van der Waals surface area contributed by atoms with Crippen molar-refractivity contribution in [3.05, 3.63) is 182 Å². The number of hydrogen-bond acceptors (Lipinski definition) is 2. The second-order valence-electron chi connectivity index (χ2n) is 13.3. The van der Waals surface area contributed by atoms with Gasteiger partial charge < -0.3 is 13.9 Å². The number of furan rings is 1. The van der Waals surface area contributed by atoms with Crippen molar-refractivity contribution in [2.45, 2.75) is 0 Å². The summed E-state index contributed by atoms with van der Waals surface area (Å²) in [7, 11) is 0. The van der Waals surface area contributed by atoms with Crippen LogP contribution in [0.5, 0.6) is 0 Å². The van der Waals surface area contributed by atoms with Crippen LogP contribution >= 0.6 is 0 Å². The van der Waals surface area contributed by atoms with E-state index in [1.165, 1.54) is 43.4 Å². The van der Waals surface area contributed by atoms with Gasteiger partial charge in [-0.05, 0) is 76.8 Å². The lowest BCUT2D eigenvalue weighted by molar-refractivity contribution is 0.672. The zero-order chi connectivity index (χ0) is 33.5. The Bertz CT molecular complexity index is 3090. The summed E-state index contributed by atoms with van der Waals surface area (Å²) in [5.74, 6) is 0. The van der Waals surface area contributed by atoms with Crippen LogP contribution < -0.4 is 4.90 Å². The van der Waals surface area contributed by atoms with Crippen LogP contribution in [0.15, 0.2) is 186 Å². The maximum Gasteiger partial charge on any atom is 0.143 e. The fraction of sp³-hybridized carbons (Fsp3) is 0. The molecule has 9 aromatic carbocycles. The van der Waals surface area contributed by atoms with E-state index in [0.717, 1.165) is 55.5 Å². The Kier molecular flexibility index (Phi) is 5.96. The van der Waals surface area contributed by atoms with Gasteiger partial charge in [0.1, 0.15) is 11.2 Å². The molecule has 0 aliphatic rings. The van der Waals surface area contributed by atoms with Crippen LogP contribution in [0.25, 0.3) is 81.7 Å². The smallest absolute Gasteiger partial charge is 0.143 e. The largest absolute Gasteiger partial charge is 0.455 e. The minimum atomic E-state index is 0.906. The van der Waals surface area contributed by atoms with Gasteiger partial charge in [-0.25, -0.2) is 0 Å². The third-order valence-corrected chi connectivity index (χ3v) is 10.6. The first-order valence-corrected chi connectivity index (χ1v) is 17.4. The van der Waals surface area contributed by atoms with Crippen molar-refractivity contribution in [3.8, 4) is 5.69 Å². The molecule has 3 nitrogen and oxygen atoms in total. The summed E-state index contributed by atoms with van der Waals surface area (Å²) in [5, 5.41) is 11.9. The number of nitrogens with zero attached hydrogens (tertiary/aromatic N) is 2. The van der Waals surface area contributed by atoms with Crippen molar-refractivity contribution in [1.82, 2.24) is 4.57 Å². The highest BCUT2D eigenvalue weighted by Crippen LogP contribution is 2.46. The lowest BCUT2D eigenvalue weighted by Gasteiger charge is -2.29. The minimum Gasteiger partial charge on any atom is -0.455 e. The standard InChI is InChI=1S/C48H30N2O/c1-2-13-34-31(12-1)30-46(36-15-4-3-14-35(34)36)50(45-22-11-19-41-39(45)28-29-42-40-18-7-10-23-47(40)51-48(41)42)33-26-24-32(25-27-33)49-43-20-8-5-16-37(43)38-17-6-9-21-44(38)49/h1-30H. The zero-order valence-corrected chi connectivity index (χ0v) is 27.6. The van der Waals surface area contributed by atoms with Crippen molar-refractivity contribution in [2.24, 2.45) is 0 Å². The van der Waals surface area contributed by atoms with Gasteiger partial charge in [0.05, 0.1) is 22.4 Å². The van der Waals surface area contributed by atoms with Crippen molar-refractivity contribution >= 4 is 93.1 Å². The molecule has 11 aromatic rings. The predicted molar refractivity (Wildman–Crippen MR) is 215 cm³/mol. The second kappa shape index (κ2) is 10.8. The van der Waals surface area contributed by atoms with E-state index in [9.17, 15) is 0 Å². The van der Waals surface area contributed by atoms with E-state index >= 15 is 0 Å². The molecule has 0 bridgehead atoms. The summed E-state index contributed by atoms with van der Waals surface area (Å²) in [5.41, 5.74) is 8.66. The molecule has 2 aromatic heterocycles. The summed E-state index contributed by atoms with van der Waals surface area (Å²) in [4.78, 5) is 2.43. The molecule has 3 heteroatoms. The van der Waals surface area contributed by atoms with Gasteiger partial charge in [-0.2, -0.15) is 0 Å². The Labute approximate surface area is 293 Å². The van der Waals surface area contributed by atoms with Gasteiger partial charge >= 0.3 is 0 Å². The lowest BCUT2D eigenvalue weighted by atomic mass is 9.98. The number of benzene rings is 9. The number of anilines is 3. The van der Waals surface area contributed by atoms with E-state index in [0.29, 0.717) is 0 Å². The molecule has 0 saturated carbocycles. The summed E-state index contributed by atoms with van der Waals surface area (Å²) in [6.07, 6.45) is 0. The highest BCUT2D eigenvalue weighted by molar-refractivity contribution is 6.20. The van der Waals surface area contributed by atoms with Crippen LogP contribution in [0.1, 0.15) is 0 Å². The second-order valence-corrected chi connectivity index (χ2v) is 13.3. The van der Waals surface area contributed by atoms with Gasteiger partial charge in [0.25, 0.3) is 0 Å². The molecule has 238 valence electrons. The van der Waals surface area contributed by atoms with Crippen LogP contribution in [0.3, 0.4) is 0 Å². The molecular formula is C48H30N2O. The van der Waals surface area contributed by atoms with Gasteiger partial charge in [-0.15, -0.1) is 0 Å². The first-order valence-electron chi connectivity index (χ1n) is 17.4. The van der Waals surface area contributed by atoms with E-state index in [1.54, 1.807) is 0 Å². The highest BCUT2D eigenvalue weighted by Gasteiger charge is 2.21. The highest BCUT2D eigenvalue weighted by atomic mass is 16.3. The molecule has 0 N–H and O–H groups in total. The molecule has 0 saturated heterocycles. The number of para-hydroxylation sites is 3. The van der Waals surface area contributed by atoms with Gasteiger partial charge in [-0.1, -0.05) is 121 Å². The lowest BCUT2D eigenvalue weighted by Crippen LogP contribution is -2.11. The van der Waals surface area contributed by atoms with Crippen LogP contribution in [0, 0.1) is 0 Å². The third-order valence-electron chi connectivity index (χ3n) is 10.6. The number of hydrogen-bond donors (Lipinski definition) is 0. The van der Waals surface area contributed by atoms with Crippen LogP contribution in [-0.2, 0) is 0 Å². The average Bonchev–Trinajstić information content (AvgIpc) is 3.75. The van der Waals surface area contributed by atoms with Crippen LogP contribution in [0.4, 0.5) is 17.1 Å². The maximum absolute atomic E-state index is 6.55. The first-order chi connectivity index (χ1) is 25.3. The molecule has 0 atom stereocenters. The quantitative estimate of drug-likeness (QED) is 0.177. The van der Waals surface area contributed by atoms with E-state index in [1.807, 2.05) is 6.07 Å². The van der Waals surface area contributed by atoms with Crippen molar-refractivity contribution in [2.75, 3.05) is 4.90 Å². The average molecular weight is 651 g/mol. The molecule has 0 aliphatic carbocycles. The van der Waals surface area contributed by atoms with Gasteiger partial charge in [0.15, 0.2) is 0 Å². The molecule has 0 unspecified atom stereocenters. The molecule has 0 amide bonds. The van der Waals surface area contributed by atoms with Gasteiger partial charge in [-0.3, -0.25) is 0 Å². The molecule has 0 radical (unpaired) electrons. The van der Waals surface area contributed by atoms with E-state index in [4.69, 9.17) is 4.42 Å². The van der Waals surface area contributed by atoms with Gasteiger partial charge in [0, 0.05) is 49.1 Å². The Hall–Kier alpha value is -6.84.